The van der Waals surface area contributed by atoms with E-state index in [1.807, 2.05) is 17.5 Å². The van der Waals surface area contributed by atoms with Crippen molar-refractivity contribution >= 4 is 11.3 Å². The van der Waals surface area contributed by atoms with Gasteiger partial charge in [-0.15, -0.1) is 11.3 Å². The molecule has 1 saturated carbocycles. The third-order valence-electron chi connectivity index (χ3n) is 3.57. The van der Waals surface area contributed by atoms with Crippen LogP contribution in [0.15, 0.2) is 6.20 Å². The lowest BCUT2D eigenvalue weighted by molar-refractivity contribution is 0.315. The standard InChI is InChI=1S/C13H22N2S/c1-3-12-15-9-11(16-12)8-14-10-13(2)6-4-5-7-13/h9,14H,3-8,10H2,1-2H3. The summed E-state index contributed by atoms with van der Waals surface area (Å²) in [5.74, 6) is 0. The summed E-state index contributed by atoms with van der Waals surface area (Å²) in [6.45, 7) is 6.73. The maximum Gasteiger partial charge on any atom is 0.0925 e. The van der Waals surface area contributed by atoms with Crippen LogP contribution in [0.2, 0.25) is 0 Å². The van der Waals surface area contributed by atoms with Crippen LogP contribution in [-0.2, 0) is 13.0 Å². The van der Waals surface area contributed by atoms with Crippen LogP contribution < -0.4 is 5.32 Å². The van der Waals surface area contributed by atoms with Gasteiger partial charge in [-0.05, 0) is 24.7 Å². The molecule has 0 aliphatic heterocycles. The molecule has 1 fully saturated rings. The van der Waals surface area contributed by atoms with Gasteiger partial charge in [0, 0.05) is 24.2 Å². The van der Waals surface area contributed by atoms with Crippen molar-refractivity contribution in [3.63, 3.8) is 0 Å². The highest BCUT2D eigenvalue weighted by atomic mass is 32.1. The first-order valence-corrected chi connectivity index (χ1v) is 7.18. The molecule has 0 unspecified atom stereocenters. The molecule has 1 aromatic rings. The zero-order valence-electron chi connectivity index (χ0n) is 10.4. The molecule has 1 N–H and O–H groups in total. The van der Waals surface area contributed by atoms with Gasteiger partial charge in [-0.2, -0.15) is 0 Å². The van der Waals surface area contributed by atoms with Crippen LogP contribution in [0.3, 0.4) is 0 Å². The molecule has 0 bridgehead atoms. The van der Waals surface area contributed by atoms with E-state index in [0.29, 0.717) is 5.41 Å². The second-order valence-corrected chi connectivity index (χ2v) is 6.39. The van der Waals surface area contributed by atoms with E-state index in [1.165, 1.54) is 35.6 Å². The van der Waals surface area contributed by atoms with Crippen LogP contribution in [0.25, 0.3) is 0 Å². The Kier molecular flexibility index (Phi) is 3.98. The van der Waals surface area contributed by atoms with Crippen LogP contribution in [0, 0.1) is 5.41 Å². The molecule has 3 heteroatoms. The highest BCUT2D eigenvalue weighted by Gasteiger charge is 2.27. The van der Waals surface area contributed by atoms with Crippen molar-refractivity contribution in [1.82, 2.24) is 10.3 Å². The van der Waals surface area contributed by atoms with Crippen LogP contribution in [0.5, 0.6) is 0 Å². The van der Waals surface area contributed by atoms with E-state index in [4.69, 9.17) is 0 Å². The lowest BCUT2D eigenvalue weighted by Crippen LogP contribution is -2.28. The number of thiazole rings is 1. The third kappa shape index (κ3) is 3.05. The molecule has 1 aliphatic carbocycles. The van der Waals surface area contributed by atoms with Gasteiger partial charge in [0.2, 0.25) is 0 Å². The minimum Gasteiger partial charge on any atom is -0.311 e. The van der Waals surface area contributed by atoms with Crippen LogP contribution in [0.1, 0.15) is 49.4 Å². The Balaban J connectivity index is 1.75. The summed E-state index contributed by atoms with van der Waals surface area (Å²) in [5.41, 5.74) is 0.554. The molecule has 2 nitrogen and oxygen atoms in total. The summed E-state index contributed by atoms with van der Waals surface area (Å²) in [6, 6.07) is 0. The van der Waals surface area contributed by atoms with Gasteiger partial charge in [0.25, 0.3) is 0 Å². The molecule has 2 rings (SSSR count). The Morgan fingerprint density at radius 3 is 2.81 bits per heavy atom. The third-order valence-corrected chi connectivity index (χ3v) is 4.71. The largest absolute Gasteiger partial charge is 0.311 e. The fraction of sp³-hybridized carbons (Fsp3) is 0.769. The Morgan fingerprint density at radius 2 is 2.19 bits per heavy atom. The van der Waals surface area contributed by atoms with Crippen molar-refractivity contribution in [3.05, 3.63) is 16.1 Å². The number of nitrogens with zero attached hydrogens (tertiary/aromatic N) is 1. The average Bonchev–Trinajstić information content (AvgIpc) is 2.88. The highest BCUT2D eigenvalue weighted by molar-refractivity contribution is 7.11. The molecule has 0 amide bonds. The highest BCUT2D eigenvalue weighted by Crippen LogP contribution is 2.36. The van der Waals surface area contributed by atoms with Gasteiger partial charge in [0.05, 0.1) is 5.01 Å². The lowest BCUT2D eigenvalue weighted by Gasteiger charge is -2.23. The molecule has 1 heterocycles. The van der Waals surface area contributed by atoms with Crippen molar-refractivity contribution in [2.24, 2.45) is 5.41 Å². The van der Waals surface area contributed by atoms with Gasteiger partial charge < -0.3 is 5.32 Å². The van der Waals surface area contributed by atoms with Crippen molar-refractivity contribution in [2.75, 3.05) is 6.54 Å². The van der Waals surface area contributed by atoms with Crippen molar-refractivity contribution in [1.29, 1.82) is 0 Å². The molecule has 16 heavy (non-hydrogen) atoms. The topological polar surface area (TPSA) is 24.9 Å². The quantitative estimate of drug-likeness (QED) is 0.850. The molecule has 1 aliphatic rings. The summed E-state index contributed by atoms with van der Waals surface area (Å²) < 4.78 is 0. The molecule has 0 radical (unpaired) electrons. The smallest absolute Gasteiger partial charge is 0.0925 e. The number of aryl methyl sites for hydroxylation is 1. The van der Waals surface area contributed by atoms with Gasteiger partial charge in [-0.1, -0.05) is 26.7 Å². The molecule has 0 saturated heterocycles. The molecular weight excluding hydrogens is 216 g/mol. The minimum absolute atomic E-state index is 0.554. The second kappa shape index (κ2) is 5.28. The van der Waals surface area contributed by atoms with Crippen LogP contribution >= 0.6 is 11.3 Å². The SMILES string of the molecule is CCc1ncc(CNCC2(C)CCCC2)s1. The fourth-order valence-electron chi connectivity index (χ4n) is 2.49. The van der Waals surface area contributed by atoms with Crippen LogP contribution in [-0.4, -0.2) is 11.5 Å². The first-order chi connectivity index (χ1) is 7.72. The minimum atomic E-state index is 0.554. The Labute approximate surface area is 102 Å². The predicted molar refractivity (Wildman–Crippen MR) is 69.8 cm³/mol. The monoisotopic (exact) mass is 238 g/mol. The predicted octanol–water partition coefficient (Wildman–Crippen LogP) is 3.38. The van der Waals surface area contributed by atoms with Gasteiger partial charge in [0.15, 0.2) is 0 Å². The van der Waals surface area contributed by atoms with E-state index in [-0.39, 0.29) is 0 Å². The van der Waals surface area contributed by atoms with Crippen LogP contribution in [0.4, 0.5) is 0 Å². The number of hydrogen-bond donors (Lipinski definition) is 1. The molecule has 0 aromatic carbocycles. The van der Waals surface area contributed by atoms with E-state index in [9.17, 15) is 0 Å². The molecule has 90 valence electrons. The van der Waals surface area contributed by atoms with Gasteiger partial charge in [-0.3, -0.25) is 0 Å². The summed E-state index contributed by atoms with van der Waals surface area (Å²) in [4.78, 5) is 5.75. The molecule has 1 aromatic heterocycles. The van der Waals surface area contributed by atoms with E-state index in [2.05, 4.69) is 24.1 Å². The van der Waals surface area contributed by atoms with E-state index in [0.717, 1.165) is 19.5 Å². The van der Waals surface area contributed by atoms with Crippen molar-refractivity contribution in [2.45, 2.75) is 52.5 Å². The Hall–Kier alpha value is -0.410. The normalized spacial score (nSPS) is 19.1. The number of nitrogens with one attached hydrogen (secondary N) is 1. The van der Waals surface area contributed by atoms with E-state index in [1.54, 1.807) is 0 Å². The van der Waals surface area contributed by atoms with Crippen molar-refractivity contribution < 1.29 is 0 Å². The lowest BCUT2D eigenvalue weighted by atomic mass is 9.89. The van der Waals surface area contributed by atoms with E-state index < -0.39 is 0 Å². The zero-order chi connectivity index (χ0) is 11.4. The number of hydrogen-bond acceptors (Lipinski definition) is 3. The molecular formula is C13H22N2S. The summed E-state index contributed by atoms with van der Waals surface area (Å²) in [6.07, 6.45) is 8.69. The van der Waals surface area contributed by atoms with Gasteiger partial charge in [-0.25, -0.2) is 4.98 Å². The van der Waals surface area contributed by atoms with Crippen molar-refractivity contribution in [3.8, 4) is 0 Å². The maximum absolute atomic E-state index is 4.38. The maximum atomic E-state index is 4.38. The van der Waals surface area contributed by atoms with E-state index >= 15 is 0 Å². The summed E-state index contributed by atoms with van der Waals surface area (Å²) >= 11 is 1.84. The zero-order valence-corrected chi connectivity index (χ0v) is 11.2. The first kappa shape index (κ1) is 12.1. The fourth-order valence-corrected chi connectivity index (χ4v) is 3.32. The second-order valence-electron chi connectivity index (χ2n) is 5.20. The molecule has 0 atom stereocenters. The summed E-state index contributed by atoms with van der Waals surface area (Å²) in [7, 11) is 0. The Morgan fingerprint density at radius 1 is 1.44 bits per heavy atom. The van der Waals surface area contributed by atoms with Gasteiger partial charge >= 0.3 is 0 Å². The number of rotatable bonds is 5. The average molecular weight is 238 g/mol. The van der Waals surface area contributed by atoms with Gasteiger partial charge in [0.1, 0.15) is 0 Å². The first-order valence-electron chi connectivity index (χ1n) is 6.36. The molecule has 0 spiro atoms. The summed E-state index contributed by atoms with van der Waals surface area (Å²) in [5, 5.41) is 4.85. The number of aromatic nitrogens is 1. The Bertz CT molecular complexity index is 326.